The van der Waals surface area contributed by atoms with E-state index in [0.29, 0.717) is 37.1 Å². The summed E-state index contributed by atoms with van der Waals surface area (Å²) in [7, 11) is -2.74. The van der Waals surface area contributed by atoms with E-state index in [1.165, 1.54) is 15.9 Å². The Hall–Kier alpha value is -6.88. The van der Waals surface area contributed by atoms with E-state index in [1.54, 1.807) is 0 Å². The van der Waals surface area contributed by atoms with Gasteiger partial charge >= 0.3 is 11.9 Å². The normalized spacial score (nSPS) is 20.5. The van der Waals surface area contributed by atoms with Crippen LogP contribution in [0.15, 0.2) is 147 Å². The van der Waals surface area contributed by atoms with E-state index >= 15 is 0 Å². The molecular formula is C62H60N4O5Si. The number of carbonyl (C=O) groups is 2. The third-order valence-corrected chi connectivity index (χ3v) is 21.5. The molecule has 0 unspecified atom stereocenters. The summed E-state index contributed by atoms with van der Waals surface area (Å²) < 4.78 is 20.1. The van der Waals surface area contributed by atoms with Crippen molar-refractivity contribution in [1.29, 1.82) is 0 Å². The van der Waals surface area contributed by atoms with E-state index in [0.717, 1.165) is 114 Å². The predicted molar refractivity (Wildman–Crippen MR) is 284 cm³/mol. The molecule has 0 aromatic heterocycles. The second-order valence-electron chi connectivity index (χ2n) is 21.7. The number of esters is 2. The maximum atomic E-state index is 14.4. The molecule has 2 saturated carbocycles. The van der Waals surface area contributed by atoms with Gasteiger partial charge in [0.25, 0.3) is 8.32 Å². The van der Waals surface area contributed by atoms with Crippen LogP contribution < -0.4 is 31.8 Å². The molecule has 0 spiro atoms. The molecule has 0 bridgehead atoms. The van der Waals surface area contributed by atoms with E-state index in [-0.39, 0.29) is 29.3 Å². The third kappa shape index (κ3) is 7.42. The molecule has 0 N–H and O–H groups in total. The van der Waals surface area contributed by atoms with E-state index in [9.17, 15) is 9.59 Å². The number of nitrogens with zero attached hydrogens (tertiary/aromatic N) is 4. The molecule has 6 aliphatic rings. The first-order valence-corrected chi connectivity index (χ1v) is 27.8. The van der Waals surface area contributed by atoms with Gasteiger partial charge in [0.2, 0.25) is 0 Å². The van der Waals surface area contributed by atoms with Crippen LogP contribution in [-0.2, 0) is 23.5 Å². The van der Waals surface area contributed by atoms with Crippen LogP contribution in [0, 0.1) is 13.8 Å². The average molecular weight is 969 g/mol. The van der Waals surface area contributed by atoms with Gasteiger partial charge in [0.15, 0.2) is 11.4 Å². The van der Waals surface area contributed by atoms with Crippen LogP contribution in [0.2, 0.25) is 5.04 Å². The molecule has 72 heavy (non-hydrogen) atoms. The first kappa shape index (κ1) is 46.2. The maximum absolute atomic E-state index is 14.4. The van der Waals surface area contributed by atoms with Crippen LogP contribution in [0.5, 0.6) is 0 Å². The summed E-state index contributed by atoms with van der Waals surface area (Å²) in [6, 6.07) is 40.4. The minimum absolute atomic E-state index is 0.0915. The van der Waals surface area contributed by atoms with Gasteiger partial charge in [0.1, 0.15) is 12.2 Å². The zero-order valence-corrected chi connectivity index (χ0v) is 43.3. The summed E-state index contributed by atoms with van der Waals surface area (Å²) in [5, 5.41) is 6.06. The molecule has 362 valence electrons. The Balaban J connectivity index is 0.767. The SMILES string of the molecule is CC1=C(C(=O)OC2CCC(OC(=O)C3=C(C)c4c(C)c5c(c(C6CCC(O[Si](c7ccccc7)(c7ccccc7)C(C)(C)C)CC6)c4=N3)-c3ccccc3N=5)CC2)N=c2cc3c(c(C)c21)=Nc1ccccc1-3. The molecule has 12 rings (SSSR count). The lowest BCUT2D eigenvalue weighted by Crippen LogP contribution is -2.67. The van der Waals surface area contributed by atoms with Crippen LogP contribution in [0.25, 0.3) is 33.4 Å². The summed E-state index contributed by atoms with van der Waals surface area (Å²) >= 11 is 0. The fourth-order valence-corrected chi connectivity index (χ4v) is 17.6. The Morgan fingerprint density at radius 1 is 0.500 bits per heavy atom. The number of ether oxygens (including phenoxy) is 2. The Bertz CT molecular complexity index is 3560. The second-order valence-corrected chi connectivity index (χ2v) is 25.9. The van der Waals surface area contributed by atoms with Crippen LogP contribution in [-0.4, -0.2) is 38.6 Å². The predicted octanol–water partition coefficient (Wildman–Crippen LogP) is 10.6. The lowest BCUT2D eigenvalue weighted by Gasteiger charge is -2.46. The molecule has 2 aliphatic carbocycles. The molecule has 0 radical (unpaired) electrons. The maximum Gasteiger partial charge on any atom is 0.357 e. The van der Waals surface area contributed by atoms with Crippen LogP contribution in [0.4, 0.5) is 11.4 Å². The van der Waals surface area contributed by atoms with Crippen LogP contribution >= 0.6 is 0 Å². The fourth-order valence-electron chi connectivity index (χ4n) is 12.9. The van der Waals surface area contributed by atoms with Crippen molar-refractivity contribution in [2.75, 3.05) is 0 Å². The van der Waals surface area contributed by atoms with Gasteiger partial charge in [-0.2, -0.15) is 0 Å². The quantitative estimate of drug-likeness (QED) is 0.106. The average Bonchev–Trinajstić information content (AvgIpc) is 4.15. The minimum Gasteiger partial charge on any atom is -0.458 e. The number of allylic oxidation sites excluding steroid dienone is 2. The van der Waals surface area contributed by atoms with Crippen molar-refractivity contribution >= 4 is 53.2 Å². The van der Waals surface area contributed by atoms with Gasteiger partial charge in [-0.1, -0.05) is 118 Å². The number of carbonyl (C=O) groups excluding carboxylic acids is 2. The van der Waals surface area contributed by atoms with Crippen molar-refractivity contribution in [3.63, 3.8) is 0 Å². The summed E-state index contributed by atoms with van der Waals surface area (Å²) in [6.45, 7) is 15.2. The van der Waals surface area contributed by atoms with E-state index in [4.69, 9.17) is 33.9 Å². The summed E-state index contributed by atoms with van der Waals surface area (Å²) in [4.78, 5) is 48.4. The lowest BCUT2D eigenvalue weighted by atomic mass is 9.78. The number of para-hydroxylation sites is 2. The second kappa shape index (κ2) is 17.7. The van der Waals surface area contributed by atoms with Crippen molar-refractivity contribution in [1.82, 2.24) is 0 Å². The largest absolute Gasteiger partial charge is 0.458 e. The Morgan fingerprint density at radius 2 is 0.986 bits per heavy atom. The summed E-state index contributed by atoms with van der Waals surface area (Å²) in [5.74, 6) is -0.631. The Kier molecular flexibility index (Phi) is 11.4. The standard InChI is InChI=1S/C62H60N4O5Si/c1-35-51-36(2)57(65-50(51)34-47-45-22-14-16-24-48(45)63-55(35)47)60(67)69-40-30-32-41(33-31-40)70-61(68)58-38(4)52-37(3)56-54(46-23-15-17-25-49(46)64-56)53(59(52)66-58)39-26-28-42(29-27-39)71-72(62(5,6)7,43-18-10-8-11-19-43)44-20-12-9-13-21-44/h8-25,34,39-42H,26-33H2,1-7H3. The highest BCUT2D eigenvalue weighted by Gasteiger charge is 2.52. The smallest absolute Gasteiger partial charge is 0.357 e. The zero-order chi connectivity index (χ0) is 49.6. The van der Waals surface area contributed by atoms with Gasteiger partial charge in [-0.05, 0) is 146 Å². The van der Waals surface area contributed by atoms with E-state index in [2.05, 4.69) is 126 Å². The van der Waals surface area contributed by atoms with E-state index < -0.39 is 20.3 Å². The number of hydrogen-bond donors (Lipinski definition) is 0. The fraction of sp³-hybridized carbons (Fsp3) is 0.323. The molecule has 9 nitrogen and oxygen atoms in total. The van der Waals surface area contributed by atoms with Crippen molar-refractivity contribution in [2.24, 2.45) is 20.0 Å². The minimum atomic E-state index is -2.74. The molecular weight excluding hydrogens is 909 g/mol. The first-order chi connectivity index (χ1) is 34.8. The molecule has 0 atom stereocenters. The Morgan fingerprint density at radius 3 is 1.58 bits per heavy atom. The summed E-state index contributed by atoms with van der Waals surface area (Å²) in [6.07, 6.45) is 5.49. The molecule has 4 aliphatic heterocycles. The van der Waals surface area contributed by atoms with Crippen LogP contribution in [0.1, 0.15) is 120 Å². The zero-order valence-electron chi connectivity index (χ0n) is 42.3. The molecule has 6 aromatic rings. The number of hydrogen-bond acceptors (Lipinski definition) is 9. The van der Waals surface area contributed by atoms with E-state index in [1.807, 2.05) is 38.1 Å². The number of benzene rings is 6. The monoisotopic (exact) mass is 968 g/mol. The van der Waals surface area contributed by atoms with Crippen molar-refractivity contribution in [2.45, 2.75) is 129 Å². The van der Waals surface area contributed by atoms with Crippen molar-refractivity contribution in [3.8, 4) is 22.3 Å². The number of rotatable bonds is 9. The molecule has 6 aromatic carbocycles. The molecule has 0 saturated heterocycles. The van der Waals surface area contributed by atoms with Crippen LogP contribution in [0.3, 0.4) is 0 Å². The molecule has 0 amide bonds. The van der Waals surface area contributed by atoms with Gasteiger partial charge in [-0.3, -0.25) is 0 Å². The highest BCUT2D eigenvalue weighted by atomic mass is 28.4. The van der Waals surface area contributed by atoms with Gasteiger partial charge < -0.3 is 13.9 Å². The highest BCUT2D eigenvalue weighted by Crippen LogP contribution is 2.45. The van der Waals surface area contributed by atoms with Gasteiger partial charge in [0, 0.05) is 39.5 Å². The first-order valence-electron chi connectivity index (χ1n) is 25.9. The van der Waals surface area contributed by atoms with Gasteiger partial charge in [0.05, 0.1) is 32.8 Å². The highest BCUT2D eigenvalue weighted by molar-refractivity contribution is 6.99. The topological polar surface area (TPSA) is 111 Å². The molecule has 10 heteroatoms. The van der Waals surface area contributed by atoms with Crippen molar-refractivity contribution < 1.29 is 23.5 Å². The van der Waals surface area contributed by atoms with Gasteiger partial charge in [-0.15, -0.1) is 0 Å². The molecule has 2 fully saturated rings. The summed E-state index contributed by atoms with van der Waals surface area (Å²) in [5.41, 5.74) is 13.9. The van der Waals surface area contributed by atoms with Gasteiger partial charge in [-0.25, -0.2) is 29.6 Å². The number of fused-ring (bicyclic) bond motifs is 8. The molecule has 4 heterocycles. The third-order valence-electron chi connectivity index (χ3n) is 16.4. The Labute approximate surface area is 422 Å². The van der Waals surface area contributed by atoms with Crippen molar-refractivity contribution in [3.05, 3.63) is 176 Å². The lowest BCUT2D eigenvalue weighted by molar-refractivity contribution is -0.153.